The van der Waals surface area contributed by atoms with Crippen molar-refractivity contribution in [3.63, 3.8) is 0 Å². The molecule has 5 rings (SSSR count). The van der Waals surface area contributed by atoms with Gasteiger partial charge in [0.2, 0.25) is 5.91 Å². The van der Waals surface area contributed by atoms with E-state index in [0.717, 1.165) is 50.8 Å². The number of nitrogens with zero attached hydrogens (tertiary/aromatic N) is 1. The molecule has 1 aliphatic carbocycles. The van der Waals surface area contributed by atoms with Crippen LogP contribution in [0.1, 0.15) is 37.3 Å². The van der Waals surface area contributed by atoms with E-state index in [1.165, 1.54) is 18.4 Å². The minimum atomic E-state index is 0.0231. The molecule has 0 bridgehead atoms. The number of para-hydroxylation sites is 1. The van der Waals surface area contributed by atoms with Crippen molar-refractivity contribution < 1.29 is 14.3 Å². The molecule has 1 amide bonds. The normalized spacial score (nSPS) is 31.8. The van der Waals surface area contributed by atoms with Crippen LogP contribution >= 0.6 is 0 Å². The first kappa shape index (κ1) is 16.6. The first-order valence-corrected chi connectivity index (χ1v) is 10.1. The molecule has 4 aliphatic rings. The van der Waals surface area contributed by atoms with Crippen molar-refractivity contribution in [1.82, 2.24) is 10.2 Å². The van der Waals surface area contributed by atoms with Crippen LogP contribution in [0.5, 0.6) is 5.75 Å². The van der Waals surface area contributed by atoms with Gasteiger partial charge in [-0.3, -0.25) is 9.69 Å². The second kappa shape index (κ2) is 6.86. The molecule has 1 aromatic rings. The van der Waals surface area contributed by atoms with Crippen LogP contribution in [0.4, 0.5) is 0 Å². The van der Waals surface area contributed by atoms with Gasteiger partial charge < -0.3 is 14.8 Å². The van der Waals surface area contributed by atoms with Crippen LogP contribution in [0.25, 0.3) is 0 Å². The molecule has 1 saturated carbocycles. The van der Waals surface area contributed by atoms with Crippen LogP contribution in [-0.4, -0.2) is 49.8 Å². The highest BCUT2D eigenvalue weighted by Crippen LogP contribution is 2.48. The van der Waals surface area contributed by atoms with Gasteiger partial charge in [-0.1, -0.05) is 18.2 Å². The molecule has 0 unspecified atom stereocenters. The van der Waals surface area contributed by atoms with Gasteiger partial charge in [-0.15, -0.1) is 0 Å². The van der Waals surface area contributed by atoms with Crippen molar-refractivity contribution in [2.75, 3.05) is 32.9 Å². The van der Waals surface area contributed by atoms with E-state index in [1.54, 1.807) is 0 Å². The summed E-state index contributed by atoms with van der Waals surface area (Å²) in [5.74, 6) is 2.31. The maximum atomic E-state index is 13.1. The van der Waals surface area contributed by atoms with Crippen LogP contribution in [0.3, 0.4) is 0 Å². The zero-order valence-corrected chi connectivity index (χ0v) is 15.2. The summed E-state index contributed by atoms with van der Waals surface area (Å²) in [6, 6.07) is 8.97. The highest BCUT2D eigenvalue weighted by atomic mass is 16.5. The Kier molecular flexibility index (Phi) is 4.37. The molecule has 5 nitrogen and oxygen atoms in total. The van der Waals surface area contributed by atoms with Gasteiger partial charge in [0.05, 0.1) is 12.5 Å². The van der Waals surface area contributed by atoms with Gasteiger partial charge >= 0.3 is 0 Å². The van der Waals surface area contributed by atoms with Crippen molar-refractivity contribution in [3.05, 3.63) is 29.8 Å². The summed E-state index contributed by atoms with van der Waals surface area (Å²) in [7, 11) is 0. The lowest BCUT2D eigenvalue weighted by atomic mass is 9.84. The largest absolute Gasteiger partial charge is 0.493 e. The molecular formula is C21H28N2O3. The molecule has 1 aromatic carbocycles. The van der Waals surface area contributed by atoms with E-state index in [-0.39, 0.29) is 23.8 Å². The molecule has 0 radical (unpaired) electrons. The van der Waals surface area contributed by atoms with E-state index in [9.17, 15) is 4.79 Å². The number of hydrogen-bond acceptors (Lipinski definition) is 4. The monoisotopic (exact) mass is 356 g/mol. The molecule has 3 heterocycles. The van der Waals surface area contributed by atoms with Crippen molar-refractivity contribution in [2.24, 2.45) is 17.8 Å². The Morgan fingerprint density at radius 1 is 1.15 bits per heavy atom. The summed E-state index contributed by atoms with van der Waals surface area (Å²) in [6.07, 6.45) is 4.53. The number of amides is 1. The van der Waals surface area contributed by atoms with Gasteiger partial charge in [-0.05, 0) is 37.7 Å². The molecule has 5 heteroatoms. The standard InChI is InChI=1S/C21H28N2O3/c24-21(22-15-7-9-25-10-8-15)17-12-23(11-14-5-6-14)20-16-3-1-2-4-19(16)26-13-18(17)20/h1-4,14-15,17-18,20H,5-13H2,(H,22,24)/t17-,18+,20+/m1/s1. The van der Waals surface area contributed by atoms with Gasteiger partial charge in [-0.25, -0.2) is 0 Å². The van der Waals surface area contributed by atoms with E-state index < -0.39 is 0 Å². The number of benzene rings is 1. The number of fused-ring (bicyclic) bond motifs is 3. The van der Waals surface area contributed by atoms with Gasteiger partial charge in [-0.2, -0.15) is 0 Å². The Morgan fingerprint density at radius 2 is 1.96 bits per heavy atom. The van der Waals surface area contributed by atoms with Gasteiger partial charge in [0, 0.05) is 49.9 Å². The van der Waals surface area contributed by atoms with Gasteiger partial charge in [0.1, 0.15) is 5.75 Å². The summed E-state index contributed by atoms with van der Waals surface area (Å²) < 4.78 is 11.5. The maximum Gasteiger partial charge on any atom is 0.225 e. The fraction of sp³-hybridized carbons (Fsp3) is 0.667. The summed E-state index contributed by atoms with van der Waals surface area (Å²) in [5, 5.41) is 3.31. The Bertz CT molecular complexity index is 669. The Balaban J connectivity index is 1.37. The predicted octanol–water partition coefficient (Wildman–Crippen LogP) is 2.37. The molecule has 26 heavy (non-hydrogen) atoms. The van der Waals surface area contributed by atoms with Crippen LogP contribution in [0.15, 0.2) is 24.3 Å². The number of rotatable bonds is 4. The average Bonchev–Trinajstić information content (AvgIpc) is 3.41. The molecule has 3 fully saturated rings. The van der Waals surface area contributed by atoms with Crippen molar-refractivity contribution in [1.29, 1.82) is 0 Å². The summed E-state index contributed by atoms with van der Waals surface area (Å²) in [4.78, 5) is 15.7. The summed E-state index contributed by atoms with van der Waals surface area (Å²) >= 11 is 0. The van der Waals surface area contributed by atoms with Crippen LogP contribution < -0.4 is 10.1 Å². The minimum absolute atomic E-state index is 0.0231. The first-order valence-electron chi connectivity index (χ1n) is 10.1. The second-order valence-corrected chi connectivity index (χ2v) is 8.36. The molecule has 0 spiro atoms. The predicted molar refractivity (Wildman–Crippen MR) is 97.9 cm³/mol. The van der Waals surface area contributed by atoms with Crippen LogP contribution in [0.2, 0.25) is 0 Å². The second-order valence-electron chi connectivity index (χ2n) is 8.36. The lowest BCUT2D eigenvalue weighted by Gasteiger charge is -2.34. The zero-order chi connectivity index (χ0) is 17.5. The fourth-order valence-corrected chi connectivity index (χ4v) is 4.92. The SMILES string of the molecule is O=C(NC1CCOCC1)[C@@H]1CN(CC2CC2)[C@H]2c3ccccc3OC[C@@H]12. The lowest BCUT2D eigenvalue weighted by Crippen LogP contribution is -2.45. The van der Waals surface area contributed by atoms with Crippen LogP contribution in [0, 0.1) is 17.8 Å². The summed E-state index contributed by atoms with van der Waals surface area (Å²) in [5.41, 5.74) is 1.27. The first-order chi connectivity index (χ1) is 12.8. The third-order valence-corrected chi connectivity index (χ3v) is 6.51. The van der Waals surface area contributed by atoms with E-state index in [2.05, 4.69) is 28.4 Å². The third-order valence-electron chi connectivity index (χ3n) is 6.51. The highest BCUT2D eigenvalue weighted by Gasteiger charge is 2.50. The number of carbonyl (C=O) groups excluding carboxylic acids is 1. The number of ether oxygens (including phenoxy) is 2. The van der Waals surface area contributed by atoms with E-state index in [1.807, 2.05) is 6.07 Å². The number of hydrogen-bond donors (Lipinski definition) is 1. The molecule has 0 aromatic heterocycles. The van der Waals surface area contributed by atoms with Crippen molar-refractivity contribution >= 4 is 5.91 Å². The van der Waals surface area contributed by atoms with E-state index in [0.29, 0.717) is 12.6 Å². The van der Waals surface area contributed by atoms with E-state index >= 15 is 0 Å². The van der Waals surface area contributed by atoms with Crippen LogP contribution in [-0.2, 0) is 9.53 Å². The number of nitrogens with one attached hydrogen (secondary N) is 1. The number of likely N-dealkylation sites (tertiary alicyclic amines) is 1. The fourth-order valence-electron chi connectivity index (χ4n) is 4.92. The van der Waals surface area contributed by atoms with Crippen molar-refractivity contribution in [2.45, 2.75) is 37.8 Å². The molecular weight excluding hydrogens is 328 g/mol. The van der Waals surface area contributed by atoms with E-state index in [4.69, 9.17) is 9.47 Å². The zero-order valence-electron chi connectivity index (χ0n) is 15.2. The maximum absolute atomic E-state index is 13.1. The third kappa shape index (κ3) is 3.12. The summed E-state index contributed by atoms with van der Waals surface area (Å²) in [6.45, 7) is 4.14. The number of carbonyl (C=O) groups is 1. The molecule has 1 N–H and O–H groups in total. The molecule has 3 atom stereocenters. The lowest BCUT2D eigenvalue weighted by molar-refractivity contribution is -0.127. The quantitative estimate of drug-likeness (QED) is 0.900. The molecule has 2 saturated heterocycles. The Morgan fingerprint density at radius 3 is 2.77 bits per heavy atom. The highest BCUT2D eigenvalue weighted by molar-refractivity contribution is 5.80. The Labute approximate surface area is 155 Å². The molecule has 3 aliphatic heterocycles. The van der Waals surface area contributed by atoms with Crippen molar-refractivity contribution in [3.8, 4) is 5.75 Å². The Hall–Kier alpha value is -1.59. The topological polar surface area (TPSA) is 50.8 Å². The smallest absolute Gasteiger partial charge is 0.225 e. The molecule has 140 valence electrons. The van der Waals surface area contributed by atoms with Gasteiger partial charge in [0.15, 0.2) is 0 Å². The average molecular weight is 356 g/mol. The van der Waals surface area contributed by atoms with Gasteiger partial charge in [0.25, 0.3) is 0 Å². The minimum Gasteiger partial charge on any atom is -0.493 e.